The summed E-state index contributed by atoms with van der Waals surface area (Å²) in [7, 11) is 0. The Morgan fingerprint density at radius 1 is 0.267 bits per heavy atom. The number of rotatable bonds is 58. The molecule has 6 heteroatoms. The lowest BCUT2D eigenvalue weighted by atomic mass is 10.0. The van der Waals surface area contributed by atoms with Crippen LogP contribution in [0.15, 0.2) is 85.1 Å². The van der Waals surface area contributed by atoms with Crippen LogP contribution in [-0.2, 0) is 28.6 Å². The average molecular weight is 1050 g/mol. The Balaban J connectivity index is 4.46. The van der Waals surface area contributed by atoms with E-state index in [0.717, 1.165) is 70.6 Å². The molecule has 6 nitrogen and oxygen atoms in total. The van der Waals surface area contributed by atoms with Crippen molar-refractivity contribution < 1.29 is 28.6 Å². The van der Waals surface area contributed by atoms with Gasteiger partial charge in [0.2, 0.25) is 0 Å². The van der Waals surface area contributed by atoms with Gasteiger partial charge in [0.15, 0.2) is 6.10 Å². The Kier molecular flexibility index (Phi) is 60.3. The largest absolute Gasteiger partial charge is 0.462 e. The van der Waals surface area contributed by atoms with E-state index in [2.05, 4.69) is 99.8 Å². The van der Waals surface area contributed by atoms with Gasteiger partial charge in [-0.05, 0) is 89.9 Å². The highest BCUT2D eigenvalue weighted by molar-refractivity contribution is 5.71. The average Bonchev–Trinajstić information content (AvgIpc) is 3.41. The molecule has 0 aliphatic rings. The van der Waals surface area contributed by atoms with Crippen LogP contribution in [-0.4, -0.2) is 37.2 Å². The summed E-state index contributed by atoms with van der Waals surface area (Å²) in [6.45, 7) is 6.56. The minimum atomic E-state index is -0.809. The number of carbonyl (C=O) groups excluding carboxylic acids is 3. The second-order valence-electron chi connectivity index (χ2n) is 21.3. The van der Waals surface area contributed by atoms with Crippen molar-refractivity contribution in [1.82, 2.24) is 0 Å². The van der Waals surface area contributed by atoms with Gasteiger partial charge in [0, 0.05) is 19.3 Å². The van der Waals surface area contributed by atoms with Crippen molar-refractivity contribution in [3.63, 3.8) is 0 Å². The fourth-order valence-electron chi connectivity index (χ4n) is 9.05. The van der Waals surface area contributed by atoms with Gasteiger partial charge in [-0.3, -0.25) is 14.4 Å². The smallest absolute Gasteiger partial charge is 0.306 e. The fraction of sp³-hybridized carbons (Fsp3) is 0.754. The molecule has 0 heterocycles. The molecule has 75 heavy (non-hydrogen) atoms. The first-order valence-electron chi connectivity index (χ1n) is 32.1. The molecule has 0 radical (unpaired) electrons. The summed E-state index contributed by atoms with van der Waals surface area (Å²) < 4.78 is 16.9. The third-order valence-corrected chi connectivity index (χ3v) is 13.9. The minimum Gasteiger partial charge on any atom is -0.462 e. The third-order valence-electron chi connectivity index (χ3n) is 13.9. The zero-order chi connectivity index (χ0) is 54.3. The summed E-state index contributed by atoms with van der Waals surface area (Å²) in [5, 5.41) is 0. The highest BCUT2D eigenvalue weighted by Crippen LogP contribution is 2.17. The zero-order valence-electron chi connectivity index (χ0n) is 49.6. The third kappa shape index (κ3) is 61.3. The quantitative estimate of drug-likeness (QED) is 0.0261. The molecule has 0 fully saturated rings. The minimum absolute atomic E-state index is 0.0984. The molecule has 0 amide bonds. The van der Waals surface area contributed by atoms with Crippen LogP contribution in [0.3, 0.4) is 0 Å². The lowest BCUT2D eigenvalue weighted by Crippen LogP contribution is -2.30. The Bertz CT molecular complexity index is 1430. The van der Waals surface area contributed by atoms with Crippen LogP contribution in [0, 0.1) is 0 Å². The number of esters is 3. The molecule has 0 aromatic heterocycles. The molecule has 0 spiro atoms. The van der Waals surface area contributed by atoms with Gasteiger partial charge in [0.25, 0.3) is 0 Å². The van der Waals surface area contributed by atoms with Crippen LogP contribution >= 0.6 is 0 Å². The topological polar surface area (TPSA) is 78.9 Å². The van der Waals surface area contributed by atoms with Crippen LogP contribution in [0.4, 0.5) is 0 Å². The highest BCUT2D eigenvalue weighted by Gasteiger charge is 2.19. The highest BCUT2D eigenvalue weighted by atomic mass is 16.6. The van der Waals surface area contributed by atoms with Crippen LogP contribution in [0.5, 0.6) is 0 Å². The van der Waals surface area contributed by atoms with E-state index >= 15 is 0 Å². The molecule has 0 saturated heterocycles. The van der Waals surface area contributed by atoms with Gasteiger partial charge in [0.1, 0.15) is 13.2 Å². The summed E-state index contributed by atoms with van der Waals surface area (Å²) in [5.41, 5.74) is 0. The molecule has 432 valence electrons. The maximum Gasteiger partial charge on any atom is 0.306 e. The Morgan fingerprint density at radius 3 is 0.853 bits per heavy atom. The van der Waals surface area contributed by atoms with E-state index in [4.69, 9.17) is 14.2 Å². The molecular weight excluding hydrogens is 925 g/mol. The van der Waals surface area contributed by atoms with Gasteiger partial charge in [-0.2, -0.15) is 0 Å². The molecule has 0 unspecified atom stereocenters. The summed E-state index contributed by atoms with van der Waals surface area (Å²) >= 11 is 0. The van der Waals surface area contributed by atoms with Gasteiger partial charge >= 0.3 is 17.9 Å². The molecule has 0 aromatic rings. The lowest BCUT2D eigenvalue weighted by molar-refractivity contribution is -0.166. The Labute approximate surface area is 465 Å². The van der Waals surface area contributed by atoms with Gasteiger partial charge in [-0.15, -0.1) is 0 Å². The van der Waals surface area contributed by atoms with E-state index in [9.17, 15) is 14.4 Å². The molecule has 0 N–H and O–H groups in total. The second-order valence-corrected chi connectivity index (χ2v) is 21.3. The van der Waals surface area contributed by atoms with Crippen molar-refractivity contribution in [2.75, 3.05) is 13.2 Å². The summed E-state index contributed by atoms with van der Waals surface area (Å²) in [5.74, 6) is -0.975. The van der Waals surface area contributed by atoms with E-state index in [1.54, 1.807) is 0 Å². The van der Waals surface area contributed by atoms with Crippen LogP contribution < -0.4 is 0 Å². The number of carbonyl (C=O) groups is 3. The molecule has 0 rings (SSSR count). The van der Waals surface area contributed by atoms with Gasteiger partial charge in [0.05, 0.1) is 0 Å². The number of allylic oxidation sites excluding steroid dienone is 14. The molecule has 0 bridgehead atoms. The molecule has 1 atom stereocenters. The van der Waals surface area contributed by atoms with E-state index in [1.807, 2.05) is 6.08 Å². The Hall–Kier alpha value is -3.41. The van der Waals surface area contributed by atoms with Crippen molar-refractivity contribution in [2.45, 2.75) is 322 Å². The molecule has 0 aromatic carbocycles. The SMILES string of the molecule is CCCCC/C=C\C/C=C\C/C=C\C/C=C\C/C=C\CCC(=O)OC[C@H](COC(=O)CCCCCCCCCCCCCCCCCCCCC)OC(=O)CCCCCCCCCCC/C=C\C/C=C\CCCCC. The predicted octanol–water partition coefficient (Wildman–Crippen LogP) is 21.9. The first-order valence-corrected chi connectivity index (χ1v) is 32.1. The predicted molar refractivity (Wildman–Crippen MR) is 325 cm³/mol. The van der Waals surface area contributed by atoms with E-state index in [0.29, 0.717) is 19.3 Å². The van der Waals surface area contributed by atoms with Crippen LogP contribution in [0.2, 0.25) is 0 Å². The maximum absolute atomic E-state index is 12.9. The maximum atomic E-state index is 12.9. The number of unbranched alkanes of at least 4 members (excludes halogenated alkanes) is 33. The molecule has 0 saturated carbocycles. The Morgan fingerprint density at radius 2 is 0.507 bits per heavy atom. The van der Waals surface area contributed by atoms with Crippen LogP contribution in [0.1, 0.15) is 316 Å². The summed E-state index contributed by atoms with van der Waals surface area (Å²) in [6, 6.07) is 0. The van der Waals surface area contributed by atoms with Crippen molar-refractivity contribution in [2.24, 2.45) is 0 Å². The monoisotopic (exact) mass is 1040 g/mol. The van der Waals surface area contributed by atoms with Crippen molar-refractivity contribution in [3.8, 4) is 0 Å². The molecule has 0 aliphatic heterocycles. The van der Waals surface area contributed by atoms with Gasteiger partial charge in [-0.1, -0.05) is 292 Å². The van der Waals surface area contributed by atoms with Gasteiger partial charge in [-0.25, -0.2) is 0 Å². The van der Waals surface area contributed by atoms with E-state index in [1.165, 1.54) is 199 Å². The van der Waals surface area contributed by atoms with Crippen LogP contribution in [0.25, 0.3) is 0 Å². The van der Waals surface area contributed by atoms with Crippen molar-refractivity contribution >= 4 is 17.9 Å². The standard InChI is InChI=1S/C69H120O6/c1-4-7-10-13-16-19-22-25-28-31-34-37-40-43-46-49-52-55-58-61-67(70)73-64-66(75-69(72)63-60-57-54-51-48-45-42-39-36-33-30-27-24-21-18-15-12-9-6-3)65-74-68(71)62-59-56-53-50-47-44-41-38-35-32-29-26-23-20-17-14-11-8-5-2/h16,18-19,21,25,27-28,30,34,37,43,46,52,55,66H,4-15,17,20,22-24,26,29,31-33,35-36,38-42,44-45,47-51,53-54,56-65H2,1-3H3/b19-16-,21-18-,28-25-,30-27-,37-34-,46-43-,55-52-/t66-/m1/s1. The zero-order valence-corrected chi connectivity index (χ0v) is 49.6. The van der Waals surface area contributed by atoms with E-state index in [-0.39, 0.29) is 37.5 Å². The summed E-state index contributed by atoms with van der Waals surface area (Å²) in [4.78, 5) is 38.3. The van der Waals surface area contributed by atoms with Crippen molar-refractivity contribution in [1.29, 1.82) is 0 Å². The van der Waals surface area contributed by atoms with Gasteiger partial charge < -0.3 is 14.2 Å². The number of ether oxygens (including phenoxy) is 3. The lowest BCUT2D eigenvalue weighted by Gasteiger charge is -2.18. The number of hydrogen-bond donors (Lipinski definition) is 0. The first kappa shape index (κ1) is 71.6. The molecule has 0 aliphatic carbocycles. The first-order chi connectivity index (χ1) is 37.0. The second kappa shape index (κ2) is 63.1. The normalized spacial score (nSPS) is 12.6. The fourth-order valence-corrected chi connectivity index (χ4v) is 9.05. The van der Waals surface area contributed by atoms with Crippen molar-refractivity contribution in [3.05, 3.63) is 85.1 Å². The summed E-state index contributed by atoms with van der Waals surface area (Å²) in [6.07, 6.45) is 83.1. The van der Waals surface area contributed by atoms with E-state index < -0.39 is 6.10 Å². The number of hydrogen-bond acceptors (Lipinski definition) is 6. The molecular formula is C69H120O6.